The van der Waals surface area contributed by atoms with Crippen LogP contribution in [0.25, 0.3) is 0 Å². The van der Waals surface area contributed by atoms with E-state index in [1.807, 2.05) is 0 Å². The minimum atomic E-state index is -2.80. The lowest BCUT2D eigenvalue weighted by Crippen LogP contribution is -2.57. The van der Waals surface area contributed by atoms with Crippen LogP contribution in [0.15, 0.2) is 0 Å². The lowest BCUT2D eigenvalue weighted by atomic mass is 9.89. The van der Waals surface area contributed by atoms with Crippen LogP contribution in [0.5, 0.6) is 0 Å². The van der Waals surface area contributed by atoms with Crippen molar-refractivity contribution in [3.63, 3.8) is 0 Å². The molecule has 0 saturated carbocycles. The molecule has 0 spiro atoms. The fourth-order valence-electron chi connectivity index (χ4n) is 3.08. The Hall–Kier alpha value is -0.130. The fraction of sp³-hybridized carbons (Fsp3) is 1.00. The van der Waals surface area contributed by atoms with E-state index in [1.165, 1.54) is 6.42 Å². The van der Waals surface area contributed by atoms with E-state index in [4.69, 9.17) is 5.73 Å². The number of nitrogens with two attached hydrogens (primary N) is 1. The number of sulfone groups is 1. The first-order valence-electron chi connectivity index (χ1n) is 6.44. The fourth-order valence-corrected chi connectivity index (χ4v) is 4.67. The molecular formula is C12H24N2O2S. The van der Waals surface area contributed by atoms with Crippen LogP contribution >= 0.6 is 0 Å². The van der Waals surface area contributed by atoms with E-state index in [9.17, 15) is 8.42 Å². The maximum absolute atomic E-state index is 11.5. The van der Waals surface area contributed by atoms with Gasteiger partial charge in [-0.15, -0.1) is 0 Å². The smallest absolute Gasteiger partial charge is 0.150 e. The van der Waals surface area contributed by atoms with Crippen molar-refractivity contribution in [1.29, 1.82) is 0 Å². The number of likely N-dealkylation sites (tertiary alicyclic amines) is 1. The normalized spacial score (nSPS) is 31.5. The van der Waals surface area contributed by atoms with E-state index in [0.29, 0.717) is 36.3 Å². The maximum atomic E-state index is 11.5. The molecule has 17 heavy (non-hydrogen) atoms. The molecule has 2 aliphatic heterocycles. The standard InChI is InChI=1S/C12H24N2O2S/c1-11(2)3-6-14(10-11)12(9-13)4-7-17(15,16)8-5-12/h3-10,13H2,1-2H3. The van der Waals surface area contributed by atoms with Gasteiger partial charge in [0.2, 0.25) is 0 Å². The van der Waals surface area contributed by atoms with E-state index < -0.39 is 9.84 Å². The molecule has 2 aliphatic rings. The van der Waals surface area contributed by atoms with Gasteiger partial charge >= 0.3 is 0 Å². The molecule has 0 aromatic carbocycles. The number of hydrogen-bond acceptors (Lipinski definition) is 4. The third-order valence-corrected chi connectivity index (χ3v) is 6.14. The molecule has 2 N–H and O–H groups in total. The first kappa shape index (κ1) is 13.3. The van der Waals surface area contributed by atoms with E-state index in [1.54, 1.807) is 0 Å². The highest BCUT2D eigenvalue weighted by Gasteiger charge is 2.45. The molecule has 2 rings (SSSR count). The van der Waals surface area contributed by atoms with Gasteiger partial charge in [0.15, 0.2) is 0 Å². The number of nitrogens with zero attached hydrogens (tertiary/aromatic N) is 1. The summed E-state index contributed by atoms with van der Waals surface area (Å²) in [6.45, 7) is 7.24. The van der Waals surface area contributed by atoms with Crippen molar-refractivity contribution < 1.29 is 8.42 Å². The Kier molecular flexibility index (Phi) is 3.30. The molecule has 100 valence electrons. The Morgan fingerprint density at radius 1 is 1.18 bits per heavy atom. The maximum Gasteiger partial charge on any atom is 0.150 e. The number of rotatable bonds is 2. The summed E-state index contributed by atoms with van der Waals surface area (Å²) in [4.78, 5) is 2.45. The molecule has 0 aliphatic carbocycles. The Morgan fingerprint density at radius 3 is 2.18 bits per heavy atom. The van der Waals surface area contributed by atoms with E-state index in [-0.39, 0.29) is 5.54 Å². The molecule has 0 bridgehead atoms. The number of hydrogen-bond donors (Lipinski definition) is 1. The molecule has 0 radical (unpaired) electrons. The lowest BCUT2D eigenvalue weighted by molar-refractivity contribution is 0.0994. The lowest BCUT2D eigenvalue weighted by Gasteiger charge is -2.44. The van der Waals surface area contributed by atoms with Crippen LogP contribution in [0.4, 0.5) is 0 Å². The zero-order chi connectivity index (χ0) is 12.7. The second-order valence-electron chi connectivity index (χ2n) is 6.42. The van der Waals surface area contributed by atoms with Gasteiger partial charge in [-0.3, -0.25) is 4.90 Å². The van der Waals surface area contributed by atoms with Crippen LogP contribution in [0.1, 0.15) is 33.1 Å². The van der Waals surface area contributed by atoms with Gasteiger partial charge in [0, 0.05) is 18.6 Å². The SMILES string of the molecule is CC1(C)CCN(C2(CN)CCS(=O)(=O)CC2)C1. The average Bonchev–Trinajstić information content (AvgIpc) is 2.60. The third kappa shape index (κ3) is 2.66. The van der Waals surface area contributed by atoms with Crippen LogP contribution in [-0.4, -0.2) is 50.0 Å². The van der Waals surface area contributed by atoms with Crippen molar-refractivity contribution >= 4 is 9.84 Å². The zero-order valence-corrected chi connectivity index (χ0v) is 11.7. The molecule has 2 fully saturated rings. The summed E-state index contributed by atoms with van der Waals surface area (Å²) in [7, 11) is -2.80. The van der Waals surface area contributed by atoms with E-state index >= 15 is 0 Å². The first-order chi connectivity index (χ1) is 7.79. The summed E-state index contributed by atoms with van der Waals surface area (Å²) in [6, 6.07) is 0. The molecule has 4 nitrogen and oxygen atoms in total. The summed E-state index contributed by atoms with van der Waals surface area (Å²) in [5.74, 6) is 0.613. The van der Waals surface area contributed by atoms with Gasteiger partial charge in [0.1, 0.15) is 9.84 Å². The van der Waals surface area contributed by atoms with Crippen molar-refractivity contribution in [2.75, 3.05) is 31.1 Å². The highest BCUT2D eigenvalue weighted by Crippen LogP contribution is 2.38. The Balaban J connectivity index is 2.12. The monoisotopic (exact) mass is 260 g/mol. The van der Waals surface area contributed by atoms with Crippen LogP contribution < -0.4 is 5.73 Å². The Labute approximate surface area is 104 Å². The molecule has 2 saturated heterocycles. The zero-order valence-electron chi connectivity index (χ0n) is 10.9. The highest BCUT2D eigenvalue weighted by atomic mass is 32.2. The second kappa shape index (κ2) is 4.21. The van der Waals surface area contributed by atoms with Crippen molar-refractivity contribution in [3.05, 3.63) is 0 Å². The summed E-state index contributed by atoms with van der Waals surface area (Å²) < 4.78 is 23.1. The van der Waals surface area contributed by atoms with Crippen LogP contribution in [-0.2, 0) is 9.84 Å². The Morgan fingerprint density at radius 2 is 1.76 bits per heavy atom. The van der Waals surface area contributed by atoms with Crippen LogP contribution in [0.2, 0.25) is 0 Å². The van der Waals surface area contributed by atoms with Gasteiger partial charge in [-0.25, -0.2) is 8.42 Å². The van der Waals surface area contributed by atoms with Gasteiger partial charge in [0.25, 0.3) is 0 Å². The molecule has 0 aromatic rings. The van der Waals surface area contributed by atoms with Crippen LogP contribution in [0.3, 0.4) is 0 Å². The summed E-state index contributed by atoms with van der Waals surface area (Å²) in [5.41, 5.74) is 6.25. The predicted octanol–water partition coefficient (Wildman–Crippen LogP) is 0.624. The van der Waals surface area contributed by atoms with E-state index in [0.717, 1.165) is 13.1 Å². The summed E-state index contributed by atoms with van der Waals surface area (Å²) in [6.07, 6.45) is 2.60. The second-order valence-corrected chi connectivity index (χ2v) is 8.72. The van der Waals surface area contributed by atoms with Gasteiger partial charge in [-0.05, 0) is 31.2 Å². The molecule has 0 atom stereocenters. The molecular weight excluding hydrogens is 236 g/mol. The summed E-state index contributed by atoms with van der Waals surface area (Å²) >= 11 is 0. The molecule has 5 heteroatoms. The van der Waals surface area contributed by atoms with Gasteiger partial charge in [-0.2, -0.15) is 0 Å². The van der Waals surface area contributed by atoms with Crippen molar-refractivity contribution in [1.82, 2.24) is 4.90 Å². The van der Waals surface area contributed by atoms with Gasteiger partial charge in [0.05, 0.1) is 11.5 Å². The molecule has 0 amide bonds. The molecule has 0 aromatic heterocycles. The largest absolute Gasteiger partial charge is 0.329 e. The minimum Gasteiger partial charge on any atom is -0.329 e. The molecule has 0 unspecified atom stereocenters. The highest BCUT2D eigenvalue weighted by molar-refractivity contribution is 7.91. The first-order valence-corrected chi connectivity index (χ1v) is 8.26. The molecule has 2 heterocycles. The van der Waals surface area contributed by atoms with Crippen molar-refractivity contribution in [2.45, 2.75) is 38.6 Å². The van der Waals surface area contributed by atoms with Crippen molar-refractivity contribution in [2.24, 2.45) is 11.1 Å². The average molecular weight is 260 g/mol. The Bertz CT molecular complexity index is 375. The summed E-state index contributed by atoms with van der Waals surface area (Å²) in [5, 5.41) is 0. The van der Waals surface area contributed by atoms with Crippen LogP contribution in [0, 0.1) is 5.41 Å². The van der Waals surface area contributed by atoms with Gasteiger partial charge < -0.3 is 5.73 Å². The van der Waals surface area contributed by atoms with Gasteiger partial charge in [-0.1, -0.05) is 13.8 Å². The topological polar surface area (TPSA) is 63.4 Å². The minimum absolute atomic E-state index is 0.0565. The van der Waals surface area contributed by atoms with Crippen molar-refractivity contribution in [3.8, 4) is 0 Å². The van der Waals surface area contributed by atoms with E-state index in [2.05, 4.69) is 18.7 Å². The third-order valence-electron chi connectivity index (χ3n) is 4.49. The predicted molar refractivity (Wildman–Crippen MR) is 69.6 cm³/mol. The quantitative estimate of drug-likeness (QED) is 0.791.